The first-order valence-electron chi connectivity index (χ1n) is 4.05. The van der Waals surface area contributed by atoms with Crippen LogP contribution in [0, 0.1) is 5.92 Å². The maximum Gasteiger partial charge on any atom is 0.00922 e. The maximum atomic E-state index is 3.36. The molecule has 0 radical (unpaired) electrons. The van der Waals surface area contributed by atoms with Crippen LogP contribution in [-0.4, -0.2) is 13.1 Å². The summed E-state index contributed by atoms with van der Waals surface area (Å²) in [5.41, 5.74) is 0. The zero-order valence-electron chi connectivity index (χ0n) is 6.48. The molecule has 54 valence electrons. The molecule has 2 atom stereocenters. The average molecular weight is 127 g/mol. The highest BCUT2D eigenvalue weighted by Crippen LogP contribution is 2.27. The molecule has 9 heavy (non-hydrogen) atoms. The van der Waals surface area contributed by atoms with Crippen molar-refractivity contribution in [2.45, 2.75) is 38.6 Å². The lowest BCUT2D eigenvalue weighted by Gasteiger charge is -2.15. The van der Waals surface area contributed by atoms with E-state index in [1.165, 1.54) is 25.7 Å². The second kappa shape index (κ2) is 3.21. The average Bonchev–Trinajstić information content (AvgIpc) is 2.33. The van der Waals surface area contributed by atoms with E-state index in [1.807, 2.05) is 0 Å². The van der Waals surface area contributed by atoms with E-state index in [0.29, 0.717) is 0 Å². The van der Waals surface area contributed by atoms with Crippen LogP contribution in [0.1, 0.15) is 32.6 Å². The summed E-state index contributed by atoms with van der Waals surface area (Å²) in [6.07, 6.45) is 5.63. The zero-order chi connectivity index (χ0) is 6.69. The van der Waals surface area contributed by atoms with E-state index in [9.17, 15) is 0 Å². The van der Waals surface area contributed by atoms with Crippen molar-refractivity contribution in [3.63, 3.8) is 0 Å². The molecule has 1 heteroatoms. The standard InChI is InChI=1S/C8H17N/c1-3-7-5-4-6-8(7)9-2/h7-9H,3-6H2,1-2H3/t7-,8-/m0/s1. The van der Waals surface area contributed by atoms with Gasteiger partial charge in [0.05, 0.1) is 0 Å². The van der Waals surface area contributed by atoms with Gasteiger partial charge in [-0.2, -0.15) is 0 Å². The maximum absolute atomic E-state index is 3.36. The first-order valence-corrected chi connectivity index (χ1v) is 4.05. The van der Waals surface area contributed by atoms with Crippen LogP contribution in [0.4, 0.5) is 0 Å². The molecule has 1 nitrogen and oxygen atoms in total. The summed E-state index contributed by atoms with van der Waals surface area (Å²) in [4.78, 5) is 0. The van der Waals surface area contributed by atoms with Crippen LogP contribution in [0.2, 0.25) is 0 Å². The summed E-state index contributed by atoms with van der Waals surface area (Å²) in [6.45, 7) is 2.29. The molecule has 0 unspecified atom stereocenters. The summed E-state index contributed by atoms with van der Waals surface area (Å²) >= 11 is 0. The predicted molar refractivity (Wildman–Crippen MR) is 40.5 cm³/mol. The van der Waals surface area contributed by atoms with Crippen molar-refractivity contribution in [3.05, 3.63) is 0 Å². The Morgan fingerprint density at radius 3 is 2.67 bits per heavy atom. The summed E-state index contributed by atoms with van der Waals surface area (Å²) in [5.74, 6) is 0.968. The molecule has 1 saturated carbocycles. The minimum atomic E-state index is 0.829. The lowest BCUT2D eigenvalue weighted by Crippen LogP contribution is -2.28. The van der Waals surface area contributed by atoms with Gasteiger partial charge in [0.2, 0.25) is 0 Å². The Kier molecular flexibility index (Phi) is 2.52. The quantitative estimate of drug-likeness (QED) is 0.596. The molecule has 1 aliphatic carbocycles. The third-order valence-electron chi connectivity index (χ3n) is 2.55. The molecule has 0 aromatic rings. The van der Waals surface area contributed by atoms with Crippen LogP contribution in [0.3, 0.4) is 0 Å². The SMILES string of the molecule is CC[C@H]1CCC[C@@H]1NC. The van der Waals surface area contributed by atoms with Crippen molar-refractivity contribution in [2.75, 3.05) is 7.05 Å². The van der Waals surface area contributed by atoms with Crippen LogP contribution >= 0.6 is 0 Å². The van der Waals surface area contributed by atoms with E-state index in [1.54, 1.807) is 0 Å². The minimum Gasteiger partial charge on any atom is -0.317 e. The molecule has 0 amide bonds. The molecule has 1 N–H and O–H groups in total. The fourth-order valence-electron chi connectivity index (χ4n) is 1.91. The number of hydrogen-bond acceptors (Lipinski definition) is 1. The Bertz CT molecular complexity index is 70.6. The van der Waals surface area contributed by atoms with E-state index in [0.717, 1.165) is 12.0 Å². The van der Waals surface area contributed by atoms with Crippen LogP contribution in [-0.2, 0) is 0 Å². The van der Waals surface area contributed by atoms with Gasteiger partial charge in [0.25, 0.3) is 0 Å². The predicted octanol–water partition coefficient (Wildman–Crippen LogP) is 1.78. The monoisotopic (exact) mass is 127 g/mol. The van der Waals surface area contributed by atoms with E-state index in [-0.39, 0.29) is 0 Å². The van der Waals surface area contributed by atoms with E-state index in [4.69, 9.17) is 0 Å². The van der Waals surface area contributed by atoms with Crippen molar-refractivity contribution in [1.82, 2.24) is 5.32 Å². The minimum absolute atomic E-state index is 0.829. The lowest BCUT2D eigenvalue weighted by molar-refractivity contribution is 0.414. The molecule has 1 aliphatic rings. The summed E-state index contributed by atoms with van der Waals surface area (Å²) in [5, 5.41) is 3.36. The highest BCUT2D eigenvalue weighted by Gasteiger charge is 2.23. The third kappa shape index (κ3) is 1.45. The molecule has 0 aromatic carbocycles. The lowest BCUT2D eigenvalue weighted by atomic mass is 10.0. The van der Waals surface area contributed by atoms with Crippen LogP contribution in [0.15, 0.2) is 0 Å². The van der Waals surface area contributed by atoms with E-state index < -0.39 is 0 Å². The Balaban J connectivity index is 2.32. The Morgan fingerprint density at radius 1 is 1.44 bits per heavy atom. The van der Waals surface area contributed by atoms with E-state index in [2.05, 4.69) is 19.3 Å². The van der Waals surface area contributed by atoms with Gasteiger partial charge in [0.1, 0.15) is 0 Å². The molecule has 0 heterocycles. The van der Waals surface area contributed by atoms with Gasteiger partial charge in [-0.15, -0.1) is 0 Å². The molecule has 0 bridgehead atoms. The molecular formula is C8H17N. The fourth-order valence-corrected chi connectivity index (χ4v) is 1.91. The van der Waals surface area contributed by atoms with Gasteiger partial charge < -0.3 is 5.32 Å². The normalized spacial score (nSPS) is 35.3. The molecule has 0 aromatic heterocycles. The molecule has 0 spiro atoms. The van der Waals surface area contributed by atoms with Gasteiger partial charge in [-0.05, 0) is 25.8 Å². The number of rotatable bonds is 2. The highest BCUT2D eigenvalue weighted by molar-refractivity contribution is 4.80. The Labute approximate surface area is 57.8 Å². The topological polar surface area (TPSA) is 12.0 Å². The van der Waals surface area contributed by atoms with Crippen molar-refractivity contribution >= 4 is 0 Å². The largest absolute Gasteiger partial charge is 0.317 e. The summed E-state index contributed by atoms with van der Waals surface area (Å²) in [7, 11) is 2.08. The van der Waals surface area contributed by atoms with Crippen molar-refractivity contribution in [2.24, 2.45) is 5.92 Å². The first-order chi connectivity index (χ1) is 4.38. The Morgan fingerprint density at radius 2 is 2.22 bits per heavy atom. The van der Waals surface area contributed by atoms with Crippen LogP contribution < -0.4 is 5.32 Å². The van der Waals surface area contributed by atoms with Gasteiger partial charge in [-0.25, -0.2) is 0 Å². The third-order valence-corrected chi connectivity index (χ3v) is 2.55. The molecule has 1 rings (SSSR count). The molecule has 0 aliphatic heterocycles. The highest BCUT2D eigenvalue weighted by atomic mass is 14.9. The molecular weight excluding hydrogens is 110 g/mol. The van der Waals surface area contributed by atoms with Crippen molar-refractivity contribution in [1.29, 1.82) is 0 Å². The number of nitrogens with one attached hydrogen (secondary N) is 1. The van der Waals surface area contributed by atoms with E-state index >= 15 is 0 Å². The second-order valence-electron chi connectivity index (χ2n) is 2.99. The van der Waals surface area contributed by atoms with Crippen molar-refractivity contribution in [3.8, 4) is 0 Å². The van der Waals surface area contributed by atoms with Gasteiger partial charge in [0, 0.05) is 6.04 Å². The zero-order valence-corrected chi connectivity index (χ0v) is 6.48. The number of hydrogen-bond donors (Lipinski definition) is 1. The van der Waals surface area contributed by atoms with Gasteiger partial charge in [-0.1, -0.05) is 19.8 Å². The Hall–Kier alpha value is -0.0400. The molecule has 1 fully saturated rings. The van der Waals surface area contributed by atoms with Crippen LogP contribution in [0.25, 0.3) is 0 Å². The summed E-state index contributed by atoms with van der Waals surface area (Å²) in [6, 6.07) is 0.829. The smallest absolute Gasteiger partial charge is 0.00922 e. The van der Waals surface area contributed by atoms with Gasteiger partial charge in [0.15, 0.2) is 0 Å². The van der Waals surface area contributed by atoms with Crippen LogP contribution in [0.5, 0.6) is 0 Å². The van der Waals surface area contributed by atoms with Crippen molar-refractivity contribution < 1.29 is 0 Å². The van der Waals surface area contributed by atoms with Gasteiger partial charge in [-0.3, -0.25) is 0 Å². The van der Waals surface area contributed by atoms with Gasteiger partial charge >= 0.3 is 0 Å². The molecule has 0 saturated heterocycles. The second-order valence-corrected chi connectivity index (χ2v) is 2.99. The first kappa shape index (κ1) is 7.07. The fraction of sp³-hybridized carbons (Fsp3) is 1.00. The summed E-state index contributed by atoms with van der Waals surface area (Å²) < 4.78 is 0.